The van der Waals surface area contributed by atoms with E-state index in [1.165, 1.54) is 0 Å². The van der Waals surface area contributed by atoms with E-state index >= 15 is 0 Å². The fourth-order valence-corrected chi connectivity index (χ4v) is 11.4. The van der Waals surface area contributed by atoms with Crippen molar-refractivity contribution < 1.29 is 57.7 Å². The average molecular weight is 968 g/mol. The van der Waals surface area contributed by atoms with Gasteiger partial charge in [-0.05, 0) is 77.5 Å². The summed E-state index contributed by atoms with van der Waals surface area (Å²) >= 11 is 0. The zero-order chi connectivity index (χ0) is 48.7. The van der Waals surface area contributed by atoms with Crippen LogP contribution in [-0.2, 0) is 46.6 Å². The van der Waals surface area contributed by atoms with E-state index in [0.717, 1.165) is 50.9 Å². The second-order valence-electron chi connectivity index (χ2n) is 18.9. The maximum absolute atomic E-state index is 12.2. The third kappa shape index (κ3) is 10.7. The van der Waals surface area contributed by atoms with E-state index in [1.54, 1.807) is 0 Å². The fraction of sp³-hybridized carbons (Fsp3) is 0.353. The Hall–Kier alpha value is -5.36. The molecule has 16 heteroatoms. The minimum absolute atomic E-state index is 0.0258. The number of hydrogen-bond acceptors (Lipinski definition) is 10. The van der Waals surface area contributed by atoms with Crippen molar-refractivity contribution in [3.63, 3.8) is 0 Å². The van der Waals surface area contributed by atoms with Crippen LogP contribution in [-0.4, -0.2) is 112 Å². The molecule has 0 unspecified atom stereocenters. The molecular formula is C51H57N3O10S3. The Morgan fingerprint density at radius 1 is 0.463 bits per heavy atom. The van der Waals surface area contributed by atoms with Gasteiger partial charge in [-0.25, -0.2) is 25.3 Å². The SMILES string of the molecule is CC1(C)C(/C=C/c2cc(/C=C/C3=[N+](CCCS(=O)(=O)[O-])c4ccccc4C3(C)C)c(O)c(/C=C/C3=[N+](CCCS(=O)(=O)[O-])c4ccccc4C3(C)C)c2)=[N+](CCCS(=O)(=O)[O-])c2ccccc21. The lowest BCUT2D eigenvalue weighted by atomic mass is 9.81. The second-order valence-corrected chi connectivity index (χ2v) is 23.5. The van der Waals surface area contributed by atoms with Crippen molar-refractivity contribution in [3.05, 3.63) is 137 Å². The molecule has 1 N–H and O–H groups in total. The summed E-state index contributed by atoms with van der Waals surface area (Å²) in [5.74, 6) is -1.55. The van der Waals surface area contributed by atoms with Crippen LogP contribution in [0.1, 0.15) is 94.2 Å². The topological polar surface area (TPSA) is 201 Å². The first-order valence-corrected chi connectivity index (χ1v) is 27.0. The molecule has 3 heterocycles. The minimum Gasteiger partial charge on any atom is -0.748 e. The monoisotopic (exact) mass is 967 g/mol. The highest BCUT2D eigenvalue weighted by molar-refractivity contribution is 7.86. The number of rotatable bonds is 18. The molecule has 4 aromatic carbocycles. The van der Waals surface area contributed by atoms with Crippen LogP contribution in [0, 0.1) is 0 Å². The van der Waals surface area contributed by atoms with Gasteiger partial charge in [0.2, 0.25) is 17.1 Å². The number of hydrogen-bond donors (Lipinski definition) is 1. The number of benzene rings is 4. The summed E-state index contributed by atoms with van der Waals surface area (Å²) in [5, 5.41) is 12.2. The molecule has 0 spiro atoms. The largest absolute Gasteiger partial charge is 0.748 e. The predicted octanol–water partition coefficient (Wildman–Crippen LogP) is 7.47. The van der Waals surface area contributed by atoms with Crippen molar-refractivity contribution in [2.45, 2.75) is 77.0 Å². The summed E-state index contributed by atoms with van der Waals surface area (Å²) in [4.78, 5) is 0. The maximum atomic E-state index is 12.2. The van der Waals surface area contributed by atoms with E-state index in [-0.39, 0.29) is 38.1 Å². The molecule has 0 saturated heterocycles. The molecule has 0 amide bonds. The van der Waals surface area contributed by atoms with E-state index in [1.807, 2.05) is 135 Å². The third-order valence-corrected chi connectivity index (χ3v) is 15.6. The standard InChI is InChI=1S/C51H57N3O10S3/c1-49(2)39-16-7-10-19-42(39)52(28-13-31-65(56,57)58)45(49)25-22-36-34-37(23-26-46-50(3,4)40-17-8-11-20-43(40)53(46)29-14-32-66(59,60)61)48(55)38(35-36)24-27-47-51(5,6)41-18-9-12-21-44(41)54(47)30-15-33-67(62,63)64/h7-12,16-27,34-35H,13-15,28-33H2,1-6H3,(H-2,56,57,58,59,60,61,62,63,64). The van der Waals surface area contributed by atoms with Gasteiger partial charge in [0.25, 0.3) is 0 Å². The average Bonchev–Trinajstić information content (AvgIpc) is 3.69. The quantitative estimate of drug-likeness (QED) is 0.0771. The van der Waals surface area contributed by atoms with Crippen LogP contribution in [0.3, 0.4) is 0 Å². The number of nitrogens with zero attached hydrogens (tertiary/aromatic N) is 3. The molecule has 0 fully saturated rings. The van der Waals surface area contributed by atoms with Gasteiger partial charge in [-0.3, -0.25) is 0 Å². The molecular weight excluding hydrogens is 911 g/mol. The van der Waals surface area contributed by atoms with Crippen molar-refractivity contribution in [3.8, 4) is 5.75 Å². The first kappa shape index (κ1) is 49.5. The predicted molar refractivity (Wildman–Crippen MR) is 261 cm³/mol. The van der Waals surface area contributed by atoms with Crippen LogP contribution >= 0.6 is 0 Å². The Kier molecular flexibility index (Phi) is 13.8. The van der Waals surface area contributed by atoms with Gasteiger partial charge in [-0.2, -0.15) is 13.7 Å². The molecule has 0 bridgehead atoms. The number of fused-ring (bicyclic) bond motifs is 3. The van der Waals surface area contributed by atoms with E-state index in [0.29, 0.717) is 23.2 Å². The van der Waals surface area contributed by atoms with Crippen LogP contribution < -0.4 is 0 Å². The molecule has 3 aliphatic rings. The zero-order valence-electron chi connectivity index (χ0n) is 38.6. The van der Waals surface area contributed by atoms with Gasteiger partial charge >= 0.3 is 0 Å². The van der Waals surface area contributed by atoms with E-state index < -0.39 is 63.9 Å². The number of allylic oxidation sites excluding steroid dienone is 3. The maximum Gasteiger partial charge on any atom is 0.209 e. The third-order valence-electron chi connectivity index (χ3n) is 13.2. The van der Waals surface area contributed by atoms with Gasteiger partial charge in [0.15, 0.2) is 17.1 Å². The molecule has 3 aliphatic heterocycles. The molecule has 0 saturated carbocycles. The summed E-state index contributed by atoms with van der Waals surface area (Å²) in [5.41, 5.74) is 8.41. The first-order valence-electron chi connectivity index (χ1n) is 22.2. The Labute approximate surface area is 394 Å². The summed E-state index contributed by atoms with van der Waals surface area (Å²) in [6.07, 6.45) is 11.7. The highest BCUT2D eigenvalue weighted by Gasteiger charge is 2.46. The summed E-state index contributed by atoms with van der Waals surface area (Å²) in [6.45, 7) is 13.3. The van der Waals surface area contributed by atoms with Crippen molar-refractivity contribution in [1.82, 2.24) is 0 Å². The molecule has 0 atom stereocenters. The molecule has 67 heavy (non-hydrogen) atoms. The smallest absolute Gasteiger partial charge is 0.209 e. The van der Waals surface area contributed by atoms with E-state index in [9.17, 15) is 44.0 Å². The molecule has 13 nitrogen and oxygen atoms in total. The Bertz CT molecular complexity index is 3030. The molecule has 354 valence electrons. The molecule has 0 aliphatic carbocycles. The van der Waals surface area contributed by atoms with Crippen molar-refractivity contribution in [2.75, 3.05) is 36.9 Å². The van der Waals surface area contributed by atoms with Crippen LogP contribution in [0.15, 0.2) is 103 Å². The Balaban J connectivity index is 1.37. The number of phenols is 1. The molecule has 0 aromatic heterocycles. The van der Waals surface area contributed by atoms with Crippen LogP contribution in [0.25, 0.3) is 18.2 Å². The Morgan fingerprint density at radius 2 is 0.746 bits per heavy atom. The van der Waals surface area contributed by atoms with Gasteiger partial charge in [0, 0.05) is 101 Å². The highest BCUT2D eigenvalue weighted by Crippen LogP contribution is 2.43. The van der Waals surface area contributed by atoms with Gasteiger partial charge in [0.1, 0.15) is 25.4 Å². The van der Waals surface area contributed by atoms with Gasteiger partial charge in [-0.1, -0.05) is 54.6 Å². The molecule has 4 aromatic rings. The van der Waals surface area contributed by atoms with Gasteiger partial charge in [-0.15, -0.1) is 0 Å². The lowest BCUT2D eigenvalue weighted by molar-refractivity contribution is -0.437. The minimum atomic E-state index is -4.44. The lowest BCUT2D eigenvalue weighted by Crippen LogP contribution is -2.28. The van der Waals surface area contributed by atoms with E-state index in [4.69, 9.17) is 0 Å². The zero-order valence-corrected chi connectivity index (χ0v) is 41.0. The number of para-hydroxylation sites is 3. The molecule has 7 rings (SSSR count). The van der Waals surface area contributed by atoms with Crippen LogP contribution in [0.2, 0.25) is 0 Å². The second kappa shape index (κ2) is 18.6. The van der Waals surface area contributed by atoms with Gasteiger partial charge in [0.05, 0.1) is 46.6 Å². The summed E-state index contributed by atoms with van der Waals surface area (Å²) < 4.78 is 111. The summed E-state index contributed by atoms with van der Waals surface area (Å²) in [6, 6.07) is 27.2. The fourth-order valence-electron chi connectivity index (χ4n) is 9.91. The number of aromatic hydroxyl groups is 1. The van der Waals surface area contributed by atoms with Crippen molar-refractivity contribution in [2.24, 2.45) is 0 Å². The van der Waals surface area contributed by atoms with Crippen molar-refractivity contribution in [1.29, 1.82) is 0 Å². The van der Waals surface area contributed by atoms with E-state index in [2.05, 4.69) is 41.5 Å². The number of phenolic OH excluding ortho intramolecular Hbond substituents is 1. The Morgan fingerprint density at radius 3 is 1.04 bits per heavy atom. The first-order chi connectivity index (χ1) is 31.3. The lowest BCUT2D eigenvalue weighted by Gasteiger charge is -2.16. The van der Waals surface area contributed by atoms with Crippen LogP contribution in [0.5, 0.6) is 5.75 Å². The normalized spacial score (nSPS) is 17.7. The van der Waals surface area contributed by atoms with Crippen LogP contribution in [0.4, 0.5) is 17.1 Å². The van der Waals surface area contributed by atoms with Gasteiger partial charge < -0.3 is 18.8 Å². The molecule has 0 radical (unpaired) electrons. The summed E-state index contributed by atoms with van der Waals surface area (Å²) in [7, 11) is -13.3. The highest BCUT2D eigenvalue weighted by atomic mass is 32.2. The van der Waals surface area contributed by atoms with Crippen molar-refractivity contribution >= 4 is 82.8 Å².